The molecular formula is C37H40N4O6S2. The average Bonchev–Trinajstić information content (AvgIpc) is 3.05. The minimum Gasteiger partial charge on any atom is -0.495 e. The summed E-state index contributed by atoms with van der Waals surface area (Å²) in [4.78, 5) is 18.6. The van der Waals surface area contributed by atoms with Gasteiger partial charge in [-0.25, -0.2) is 9.00 Å². The summed E-state index contributed by atoms with van der Waals surface area (Å²) in [6.45, 7) is 6.17. The third-order valence-corrected chi connectivity index (χ3v) is 9.20. The van der Waals surface area contributed by atoms with Crippen LogP contribution in [0.15, 0.2) is 90.0 Å². The Bertz CT molecular complexity index is 2060. The average molecular weight is 701 g/mol. The molecule has 10 nitrogen and oxygen atoms in total. The Morgan fingerprint density at radius 3 is 2.18 bits per heavy atom. The van der Waals surface area contributed by atoms with Crippen LogP contribution in [0.3, 0.4) is 0 Å². The lowest BCUT2D eigenvalue weighted by Crippen LogP contribution is -2.21. The fraction of sp³-hybridized carbons (Fsp3) is 0.243. The van der Waals surface area contributed by atoms with E-state index in [9.17, 15) is 13.2 Å². The van der Waals surface area contributed by atoms with Crippen molar-refractivity contribution >= 4 is 55.7 Å². The molecule has 0 spiro atoms. The molecule has 12 heteroatoms. The molecule has 0 aliphatic heterocycles. The molecule has 1 aromatic heterocycles. The molecule has 0 aliphatic rings. The summed E-state index contributed by atoms with van der Waals surface area (Å²) in [7, 11) is 0.555. The van der Waals surface area contributed by atoms with Gasteiger partial charge >= 0.3 is 6.03 Å². The molecule has 49 heavy (non-hydrogen) atoms. The predicted octanol–water partition coefficient (Wildman–Crippen LogP) is 8.02. The summed E-state index contributed by atoms with van der Waals surface area (Å²) in [5.41, 5.74) is 3.97. The molecule has 256 valence electrons. The van der Waals surface area contributed by atoms with Gasteiger partial charge in [-0.2, -0.15) is 0 Å². The Morgan fingerprint density at radius 2 is 1.51 bits per heavy atom. The van der Waals surface area contributed by atoms with Crippen LogP contribution in [0.2, 0.25) is 0 Å². The fourth-order valence-corrected chi connectivity index (χ4v) is 6.51. The van der Waals surface area contributed by atoms with Gasteiger partial charge in [-0.3, -0.25) is 9.19 Å². The van der Waals surface area contributed by atoms with Crippen LogP contribution in [0.1, 0.15) is 37.6 Å². The fourth-order valence-electron chi connectivity index (χ4n) is 5.36. The van der Waals surface area contributed by atoms with Crippen molar-refractivity contribution in [1.29, 1.82) is 0 Å². The first-order valence-corrected chi connectivity index (χ1v) is 18.5. The van der Waals surface area contributed by atoms with Crippen molar-refractivity contribution in [2.24, 2.45) is 0 Å². The number of ether oxygens (including phenoxy) is 3. The summed E-state index contributed by atoms with van der Waals surface area (Å²) >= 11 is 0. The maximum atomic E-state index is 13.4. The lowest BCUT2D eigenvalue weighted by Gasteiger charge is -2.24. The van der Waals surface area contributed by atoms with Crippen LogP contribution in [0.4, 0.5) is 21.9 Å². The maximum Gasteiger partial charge on any atom is 0.323 e. The Labute approximate surface area is 291 Å². The molecule has 0 bridgehead atoms. The van der Waals surface area contributed by atoms with E-state index in [2.05, 4.69) is 41.1 Å². The van der Waals surface area contributed by atoms with Crippen molar-refractivity contribution in [3.8, 4) is 23.0 Å². The molecule has 0 aliphatic carbocycles. The number of nitrogens with zero attached hydrogens (tertiary/aromatic N) is 1. The highest BCUT2D eigenvalue weighted by Gasteiger charge is 2.22. The van der Waals surface area contributed by atoms with Gasteiger partial charge in [0, 0.05) is 47.7 Å². The molecule has 0 fully saturated rings. The summed E-state index contributed by atoms with van der Waals surface area (Å²) in [6, 6.07) is 23.8. The maximum absolute atomic E-state index is 13.4. The predicted molar refractivity (Wildman–Crippen MR) is 198 cm³/mol. The van der Waals surface area contributed by atoms with Crippen LogP contribution in [0, 0.1) is 0 Å². The third-order valence-electron chi connectivity index (χ3n) is 7.73. The number of rotatable bonds is 11. The zero-order chi connectivity index (χ0) is 35.3. The van der Waals surface area contributed by atoms with Gasteiger partial charge < -0.3 is 29.6 Å². The number of pyridine rings is 1. The summed E-state index contributed by atoms with van der Waals surface area (Å²) in [5, 5.41) is 7.47. The van der Waals surface area contributed by atoms with Crippen LogP contribution in [-0.2, 0) is 33.6 Å². The molecule has 3 N–H and O–H groups in total. The number of hydrogen-bond donors (Lipinski definition) is 3. The van der Waals surface area contributed by atoms with Crippen LogP contribution in [0.25, 0.3) is 10.8 Å². The number of nitrogens with one attached hydrogen (secondary N) is 3. The van der Waals surface area contributed by atoms with Gasteiger partial charge in [0.15, 0.2) is 5.75 Å². The van der Waals surface area contributed by atoms with E-state index in [0.717, 1.165) is 27.6 Å². The van der Waals surface area contributed by atoms with Gasteiger partial charge in [-0.05, 0) is 59.0 Å². The second-order valence-corrected chi connectivity index (χ2v) is 14.8. The monoisotopic (exact) mass is 700 g/mol. The number of urea groups is 1. The minimum absolute atomic E-state index is 0.247. The quantitative estimate of drug-likeness (QED) is 0.127. The first kappa shape index (κ1) is 35.4. The topological polar surface area (TPSA) is 128 Å². The number of amides is 2. The SMILES string of the molecule is COc1cc(Cc2cc(Oc3ccc(NC(=O)Nc4cc(C(C)(C)C)cc(NS(C)=O)c4OC)c4ccccc34)ccn2)ccc1S(C)=O. The number of carbonyl (C=O) groups is 1. The number of aromatic nitrogens is 1. The van der Waals surface area contributed by atoms with Gasteiger partial charge in [-0.15, -0.1) is 0 Å². The number of hydrogen-bond acceptors (Lipinski definition) is 7. The molecule has 0 saturated carbocycles. The Kier molecular flexibility index (Phi) is 10.9. The standard InChI is InChI=1S/C37H40N4O6S2/c1-37(2,3)24-20-30(35(46-5)31(21-24)41-49(7)44)40-36(42)39-29-13-14-32(28-11-9-8-10-27(28)29)47-26-16-17-38-25(22-26)18-23-12-15-34(48(6)43)33(19-23)45-4/h8-17,19-22,41H,18H2,1-7H3,(H2,39,40,42). The molecule has 5 aromatic rings. The third kappa shape index (κ3) is 8.57. The van der Waals surface area contributed by atoms with Gasteiger partial charge in [0.1, 0.15) is 28.2 Å². The second kappa shape index (κ2) is 15.1. The molecule has 2 unspecified atom stereocenters. The Hall–Kier alpha value is -4.94. The molecule has 5 rings (SSSR count). The number of carbonyl (C=O) groups excluding carboxylic acids is 1. The number of anilines is 3. The highest BCUT2D eigenvalue weighted by atomic mass is 32.2. The van der Waals surface area contributed by atoms with E-state index in [4.69, 9.17) is 14.2 Å². The zero-order valence-electron chi connectivity index (χ0n) is 28.5. The Morgan fingerprint density at radius 1 is 0.796 bits per heavy atom. The summed E-state index contributed by atoms with van der Waals surface area (Å²) in [6.07, 6.45) is 5.38. The zero-order valence-corrected chi connectivity index (χ0v) is 30.1. The van der Waals surface area contributed by atoms with Gasteiger partial charge in [-0.1, -0.05) is 51.1 Å². The van der Waals surface area contributed by atoms with Crippen molar-refractivity contribution in [3.63, 3.8) is 0 Å². The van der Waals surface area contributed by atoms with Crippen LogP contribution in [0.5, 0.6) is 23.0 Å². The van der Waals surface area contributed by atoms with Gasteiger partial charge in [0.25, 0.3) is 0 Å². The number of methoxy groups -OCH3 is 2. The van der Waals surface area contributed by atoms with E-state index in [1.807, 2.05) is 66.7 Å². The highest BCUT2D eigenvalue weighted by molar-refractivity contribution is 7.85. The van der Waals surface area contributed by atoms with Crippen molar-refractivity contribution in [3.05, 3.63) is 102 Å². The summed E-state index contributed by atoms with van der Waals surface area (Å²) in [5.74, 6) is 2.17. The molecule has 1 heterocycles. The molecular weight excluding hydrogens is 661 g/mol. The Balaban J connectivity index is 1.38. The second-order valence-electron chi connectivity index (χ2n) is 12.3. The van der Waals surface area contributed by atoms with E-state index in [-0.39, 0.29) is 5.41 Å². The van der Waals surface area contributed by atoms with Gasteiger partial charge in [0.2, 0.25) is 0 Å². The summed E-state index contributed by atoms with van der Waals surface area (Å²) < 4.78 is 44.4. The van der Waals surface area contributed by atoms with E-state index in [1.165, 1.54) is 13.4 Å². The highest BCUT2D eigenvalue weighted by Crippen LogP contribution is 2.40. The van der Waals surface area contributed by atoms with Crippen LogP contribution < -0.4 is 29.6 Å². The van der Waals surface area contributed by atoms with Crippen molar-refractivity contribution in [2.45, 2.75) is 37.5 Å². The minimum atomic E-state index is -1.35. The van der Waals surface area contributed by atoms with Crippen LogP contribution >= 0.6 is 0 Å². The molecule has 2 atom stereocenters. The van der Waals surface area contributed by atoms with E-state index in [0.29, 0.717) is 51.4 Å². The van der Waals surface area contributed by atoms with Crippen LogP contribution in [-0.4, -0.2) is 46.2 Å². The smallest absolute Gasteiger partial charge is 0.323 e. The van der Waals surface area contributed by atoms with Gasteiger partial charge in [0.05, 0.1) is 47.0 Å². The largest absolute Gasteiger partial charge is 0.495 e. The molecule has 4 aromatic carbocycles. The lowest BCUT2D eigenvalue weighted by molar-refractivity contribution is 0.262. The number of benzene rings is 4. The van der Waals surface area contributed by atoms with Crippen molar-refractivity contribution < 1.29 is 27.4 Å². The first-order chi connectivity index (χ1) is 23.4. The van der Waals surface area contributed by atoms with Crippen molar-refractivity contribution in [1.82, 2.24) is 4.98 Å². The molecule has 0 saturated heterocycles. The lowest BCUT2D eigenvalue weighted by atomic mass is 9.86. The van der Waals surface area contributed by atoms with E-state index < -0.39 is 27.8 Å². The molecule has 2 amide bonds. The first-order valence-electron chi connectivity index (χ1n) is 15.4. The molecule has 0 radical (unpaired) electrons. The van der Waals surface area contributed by atoms with E-state index >= 15 is 0 Å². The van der Waals surface area contributed by atoms with E-state index in [1.54, 1.807) is 31.7 Å². The normalized spacial score (nSPS) is 12.6. The number of fused-ring (bicyclic) bond motifs is 1. The van der Waals surface area contributed by atoms with Crippen molar-refractivity contribution in [2.75, 3.05) is 42.1 Å².